The number of hydrogen-bond acceptors (Lipinski definition) is 6. The molecule has 1 aliphatic carbocycles. The van der Waals surface area contributed by atoms with Gasteiger partial charge in [0.2, 0.25) is 5.91 Å². The Kier molecular flexibility index (Phi) is 8.65. The van der Waals surface area contributed by atoms with Crippen LogP contribution in [0.3, 0.4) is 0 Å². The van der Waals surface area contributed by atoms with Crippen LogP contribution >= 0.6 is 11.8 Å². The van der Waals surface area contributed by atoms with E-state index in [4.69, 9.17) is 5.26 Å². The van der Waals surface area contributed by atoms with Crippen LogP contribution < -0.4 is 5.32 Å². The number of rotatable bonds is 9. The van der Waals surface area contributed by atoms with Gasteiger partial charge in [0.1, 0.15) is 6.54 Å². The summed E-state index contributed by atoms with van der Waals surface area (Å²) in [6.07, 6.45) is 4.83. The molecule has 1 amide bonds. The van der Waals surface area contributed by atoms with Crippen molar-refractivity contribution in [2.75, 3.05) is 12.3 Å². The predicted molar refractivity (Wildman–Crippen MR) is 121 cm³/mol. The van der Waals surface area contributed by atoms with Crippen molar-refractivity contribution in [3.8, 4) is 6.07 Å². The standard InChI is InChI=1S/C23H26FN3O3S2/c24-22(15-18-6-3-4-13-26-18)31-19-8-10-20(11-9-19)32(29,30)16-17-5-1-2-7-21(17)23(28)27-14-12-25/h3-4,6,8-11,13,17,21-22H,1-2,5,7,14-16H2,(H,27,28). The van der Waals surface area contributed by atoms with Crippen LogP contribution in [0.5, 0.6) is 0 Å². The molecule has 9 heteroatoms. The highest BCUT2D eigenvalue weighted by Gasteiger charge is 2.34. The van der Waals surface area contributed by atoms with Crippen LogP contribution in [0.15, 0.2) is 58.5 Å². The molecule has 1 aliphatic rings. The van der Waals surface area contributed by atoms with Crippen LogP contribution in [0.1, 0.15) is 31.4 Å². The van der Waals surface area contributed by atoms with Gasteiger partial charge in [-0.2, -0.15) is 5.26 Å². The van der Waals surface area contributed by atoms with Gasteiger partial charge < -0.3 is 5.32 Å². The average Bonchev–Trinajstić information content (AvgIpc) is 2.78. The molecule has 1 fully saturated rings. The van der Waals surface area contributed by atoms with Crippen molar-refractivity contribution in [1.82, 2.24) is 10.3 Å². The number of nitrogens with zero attached hydrogens (tertiary/aromatic N) is 2. The highest BCUT2D eigenvalue weighted by atomic mass is 32.2. The zero-order valence-corrected chi connectivity index (χ0v) is 19.2. The van der Waals surface area contributed by atoms with Crippen molar-refractivity contribution < 1.29 is 17.6 Å². The smallest absolute Gasteiger partial charge is 0.224 e. The second kappa shape index (κ2) is 11.4. The lowest BCUT2D eigenvalue weighted by Gasteiger charge is -2.30. The Balaban J connectivity index is 1.62. The Labute approximate surface area is 192 Å². The van der Waals surface area contributed by atoms with E-state index in [1.807, 2.05) is 12.1 Å². The number of aromatic nitrogens is 1. The first-order valence-corrected chi connectivity index (χ1v) is 13.1. The summed E-state index contributed by atoms with van der Waals surface area (Å²) in [5.41, 5.74) is -0.533. The molecule has 0 aliphatic heterocycles. The molecule has 6 nitrogen and oxygen atoms in total. The Hall–Kier alpha value is -2.44. The molecule has 0 bridgehead atoms. The van der Waals surface area contributed by atoms with Crippen LogP contribution in [0.4, 0.5) is 4.39 Å². The zero-order valence-electron chi connectivity index (χ0n) is 17.6. The Morgan fingerprint density at radius 1 is 1.22 bits per heavy atom. The van der Waals surface area contributed by atoms with Gasteiger partial charge in [-0.05, 0) is 55.2 Å². The molecule has 0 spiro atoms. The average molecular weight is 476 g/mol. The fourth-order valence-electron chi connectivity index (χ4n) is 3.99. The quantitative estimate of drug-likeness (QED) is 0.436. The number of thioether (sulfide) groups is 1. The molecule has 1 aromatic heterocycles. The minimum atomic E-state index is -3.60. The molecule has 170 valence electrons. The number of carbonyl (C=O) groups excluding carboxylic acids is 1. The number of halogens is 1. The van der Waals surface area contributed by atoms with Crippen LogP contribution in [-0.2, 0) is 21.1 Å². The van der Waals surface area contributed by atoms with Gasteiger partial charge in [0.15, 0.2) is 15.3 Å². The van der Waals surface area contributed by atoms with Crippen LogP contribution in [-0.4, -0.2) is 37.1 Å². The van der Waals surface area contributed by atoms with Crippen LogP contribution in [0.2, 0.25) is 0 Å². The lowest BCUT2D eigenvalue weighted by Crippen LogP contribution is -2.39. The SMILES string of the molecule is N#CCNC(=O)C1CCCCC1CS(=O)(=O)c1ccc(SC(F)Cc2ccccn2)cc1. The summed E-state index contributed by atoms with van der Waals surface area (Å²) >= 11 is 1.02. The van der Waals surface area contributed by atoms with E-state index in [0.29, 0.717) is 23.4 Å². The molecule has 1 heterocycles. The minimum Gasteiger partial charge on any atom is -0.343 e. The van der Waals surface area contributed by atoms with Gasteiger partial charge in [0, 0.05) is 29.1 Å². The zero-order chi connectivity index (χ0) is 23.0. The molecule has 0 radical (unpaired) electrons. The van der Waals surface area contributed by atoms with Gasteiger partial charge in [-0.15, -0.1) is 0 Å². The van der Waals surface area contributed by atoms with Crippen molar-refractivity contribution in [2.24, 2.45) is 11.8 Å². The predicted octanol–water partition coefficient (Wildman–Crippen LogP) is 3.93. The Morgan fingerprint density at radius 3 is 2.66 bits per heavy atom. The van der Waals surface area contributed by atoms with Gasteiger partial charge in [-0.25, -0.2) is 12.8 Å². The van der Waals surface area contributed by atoms with Gasteiger partial charge in [0.25, 0.3) is 0 Å². The van der Waals surface area contributed by atoms with E-state index in [1.54, 1.807) is 30.5 Å². The number of sulfone groups is 1. The molecule has 32 heavy (non-hydrogen) atoms. The normalized spacial score (nSPS) is 19.6. The lowest BCUT2D eigenvalue weighted by atomic mass is 9.80. The second-order valence-electron chi connectivity index (χ2n) is 7.83. The van der Waals surface area contributed by atoms with E-state index in [1.165, 1.54) is 12.1 Å². The first kappa shape index (κ1) is 24.2. The van der Waals surface area contributed by atoms with Gasteiger partial charge in [-0.3, -0.25) is 9.78 Å². The van der Waals surface area contributed by atoms with Crippen molar-refractivity contribution in [3.63, 3.8) is 0 Å². The van der Waals surface area contributed by atoms with Gasteiger partial charge >= 0.3 is 0 Å². The monoisotopic (exact) mass is 475 g/mol. The van der Waals surface area contributed by atoms with Gasteiger partial charge in [-0.1, -0.05) is 30.7 Å². The van der Waals surface area contributed by atoms with E-state index in [0.717, 1.165) is 24.6 Å². The van der Waals surface area contributed by atoms with Crippen LogP contribution in [0.25, 0.3) is 0 Å². The molecule has 0 saturated heterocycles. The van der Waals surface area contributed by atoms with Crippen molar-refractivity contribution >= 4 is 27.5 Å². The van der Waals surface area contributed by atoms with Crippen molar-refractivity contribution in [2.45, 2.75) is 47.4 Å². The maximum Gasteiger partial charge on any atom is 0.224 e. The summed E-state index contributed by atoms with van der Waals surface area (Å²) in [5.74, 6) is -1.05. The molecule has 1 saturated carbocycles. The minimum absolute atomic E-state index is 0.0795. The number of nitriles is 1. The second-order valence-corrected chi connectivity index (χ2v) is 11.1. The largest absolute Gasteiger partial charge is 0.343 e. The number of nitrogens with one attached hydrogen (secondary N) is 1. The summed E-state index contributed by atoms with van der Waals surface area (Å²) < 4.78 is 40.3. The molecular weight excluding hydrogens is 449 g/mol. The van der Waals surface area contributed by atoms with E-state index in [2.05, 4.69) is 10.3 Å². The summed E-state index contributed by atoms with van der Waals surface area (Å²) in [7, 11) is -3.60. The summed E-state index contributed by atoms with van der Waals surface area (Å²) in [6, 6.07) is 13.4. The molecule has 2 aromatic rings. The third kappa shape index (κ3) is 6.78. The summed E-state index contributed by atoms with van der Waals surface area (Å²) in [4.78, 5) is 17.3. The molecule has 3 rings (SSSR count). The van der Waals surface area contributed by atoms with Gasteiger partial charge in [0.05, 0.1) is 16.7 Å². The molecular formula is C23H26FN3O3S2. The van der Waals surface area contributed by atoms with E-state index in [-0.39, 0.29) is 35.4 Å². The summed E-state index contributed by atoms with van der Waals surface area (Å²) in [5, 5.41) is 11.2. The van der Waals surface area contributed by atoms with E-state index >= 15 is 0 Å². The molecule has 3 unspecified atom stereocenters. The maximum absolute atomic E-state index is 14.4. The number of hydrogen-bond donors (Lipinski definition) is 1. The highest BCUT2D eigenvalue weighted by molar-refractivity contribution is 7.99. The number of pyridine rings is 1. The van der Waals surface area contributed by atoms with Crippen LogP contribution in [0, 0.1) is 23.2 Å². The maximum atomic E-state index is 14.4. The Morgan fingerprint density at radius 2 is 1.97 bits per heavy atom. The molecule has 1 aromatic carbocycles. The first-order valence-electron chi connectivity index (χ1n) is 10.6. The number of amides is 1. The third-order valence-corrected chi connectivity index (χ3v) is 8.39. The Bertz CT molecular complexity index is 1040. The summed E-state index contributed by atoms with van der Waals surface area (Å²) in [6.45, 7) is -0.0795. The number of carbonyl (C=O) groups is 1. The molecule has 1 N–H and O–H groups in total. The first-order chi connectivity index (χ1) is 15.4. The number of alkyl halides is 1. The van der Waals surface area contributed by atoms with E-state index in [9.17, 15) is 17.6 Å². The third-order valence-electron chi connectivity index (χ3n) is 5.56. The topological polar surface area (TPSA) is 99.9 Å². The molecule has 3 atom stereocenters. The fourth-order valence-corrected chi connectivity index (χ4v) is 6.53. The van der Waals surface area contributed by atoms with Crippen molar-refractivity contribution in [3.05, 3.63) is 54.4 Å². The lowest BCUT2D eigenvalue weighted by molar-refractivity contribution is -0.127. The van der Waals surface area contributed by atoms with Crippen molar-refractivity contribution in [1.29, 1.82) is 5.26 Å². The van der Waals surface area contributed by atoms with E-state index < -0.39 is 21.3 Å². The number of benzene rings is 1. The highest BCUT2D eigenvalue weighted by Crippen LogP contribution is 2.33. The fraction of sp³-hybridized carbons (Fsp3) is 0.435.